The van der Waals surface area contributed by atoms with E-state index < -0.39 is 0 Å². The van der Waals surface area contributed by atoms with Gasteiger partial charge in [-0.15, -0.1) is 13.2 Å². The Morgan fingerprint density at radius 2 is 2.00 bits per heavy atom. The van der Waals surface area contributed by atoms with Gasteiger partial charge in [-0.1, -0.05) is 23.8 Å². The molecule has 0 amide bonds. The largest absolute Gasteiger partial charge is 0.497 e. The van der Waals surface area contributed by atoms with E-state index in [9.17, 15) is 0 Å². The zero-order valence-corrected chi connectivity index (χ0v) is 18.2. The van der Waals surface area contributed by atoms with E-state index in [0.29, 0.717) is 10.8 Å². The van der Waals surface area contributed by atoms with Crippen LogP contribution in [0.3, 0.4) is 0 Å². The van der Waals surface area contributed by atoms with Crippen LogP contribution >= 0.6 is 11.6 Å². The quantitative estimate of drug-likeness (QED) is 0.432. The molecular formula is C24H26ClN3O2. The molecule has 30 heavy (non-hydrogen) atoms. The van der Waals surface area contributed by atoms with E-state index in [2.05, 4.69) is 13.2 Å². The summed E-state index contributed by atoms with van der Waals surface area (Å²) < 4.78 is 13.6. The third-order valence-corrected chi connectivity index (χ3v) is 5.81. The number of hydrogen-bond donors (Lipinski definition) is 0. The van der Waals surface area contributed by atoms with E-state index in [0.717, 1.165) is 71.7 Å². The van der Waals surface area contributed by atoms with Crippen molar-refractivity contribution in [3.63, 3.8) is 0 Å². The van der Waals surface area contributed by atoms with Crippen LogP contribution in [-0.2, 0) is 12.8 Å². The second-order valence-corrected chi connectivity index (χ2v) is 7.93. The number of halogens is 1. The van der Waals surface area contributed by atoms with Crippen LogP contribution in [0.5, 0.6) is 11.6 Å². The molecule has 0 radical (unpaired) electrons. The predicted octanol–water partition coefficient (Wildman–Crippen LogP) is 5.76. The molecule has 0 saturated heterocycles. The molecule has 1 aromatic carbocycles. The lowest BCUT2D eigenvalue weighted by Crippen LogP contribution is -2.18. The van der Waals surface area contributed by atoms with Crippen molar-refractivity contribution in [3.8, 4) is 22.8 Å². The van der Waals surface area contributed by atoms with Gasteiger partial charge in [0.25, 0.3) is 0 Å². The SMILES string of the molecule is C=CCC(CC=C)Oc1c2c(nc3c(-c4ccc(OC)cc4Cl)c(C)nn13)CCC2. The lowest BCUT2D eigenvalue weighted by atomic mass is 10.1. The highest BCUT2D eigenvalue weighted by atomic mass is 35.5. The van der Waals surface area contributed by atoms with E-state index in [1.54, 1.807) is 7.11 Å². The fraction of sp³-hybridized carbons (Fsp3) is 0.333. The minimum atomic E-state index is -0.0344. The topological polar surface area (TPSA) is 48.7 Å². The van der Waals surface area contributed by atoms with E-state index in [-0.39, 0.29) is 6.10 Å². The minimum absolute atomic E-state index is 0.0344. The number of hydrogen-bond acceptors (Lipinski definition) is 4. The summed E-state index contributed by atoms with van der Waals surface area (Å²) in [6, 6.07) is 5.67. The number of methoxy groups -OCH3 is 1. The summed E-state index contributed by atoms with van der Waals surface area (Å²) in [4.78, 5) is 4.99. The van der Waals surface area contributed by atoms with Crippen LogP contribution in [-0.4, -0.2) is 27.8 Å². The molecule has 0 atom stereocenters. The van der Waals surface area contributed by atoms with E-state index in [1.807, 2.05) is 41.8 Å². The molecule has 0 N–H and O–H groups in total. The molecule has 0 aliphatic heterocycles. The van der Waals surface area contributed by atoms with Crippen LogP contribution < -0.4 is 9.47 Å². The first-order valence-electron chi connectivity index (χ1n) is 10.2. The molecule has 0 saturated carbocycles. The molecule has 0 spiro atoms. The second kappa shape index (κ2) is 8.52. The van der Waals surface area contributed by atoms with Gasteiger partial charge in [0.2, 0.25) is 5.88 Å². The Morgan fingerprint density at radius 1 is 1.23 bits per heavy atom. The van der Waals surface area contributed by atoms with Crippen molar-refractivity contribution >= 4 is 17.2 Å². The molecule has 0 unspecified atom stereocenters. The van der Waals surface area contributed by atoms with Gasteiger partial charge in [0, 0.05) is 24.0 Å². The Balaban J connectivity index is 1.90. The number of aryl methyl sites for hydroxylation is 2. The van der Waals surface area contributed by atoms with Crippen LogP contribution in [0.15, 0.2) is 43.5 Å². The summed E-state index contributed by atoms with van der Waals surface area (Å²) in [7, 11) is 1.63. The summed E-state index contributed by atoms with van der Waals surface area (Å²) in [5.74, 6) is 1.49. The number of fused-ring (bicyclic) bond motifs is 2. The first-order valence-corrected chi connectivity index (χ1v) is 10.6. The van der Waals surface area contributed by atoms with Gasteiger partial charge in [-0.2, -0.15) is 9.61 Å². The van der Waals surface area contributed by atoms with Crippen molar-refractivity contribution in [2.24, 2.45) is 0 Å². The number of rotatable bonds is 8. The van der Waals surface area contributed by atoms with E-state index in [1.165, 1.54) is 0 Å². The fourth-order valence-electron chi connectivity index (χ4n) is 4.08. The second-order valence-electron chi connectivity index (χ2n) is 7.53. The fourth-order valence-corrected chi connectivity index (χ4v) is 4.35. The van der Waals surface area contributed by atoms with Gasteiger partial charge in [-0.3, -0.25) is 0 Å². The Bertz CT molecular complexity index is 1110. The Morgan fingerprint density at radius 3 is 2.67 bits per heavy atom. The molecule has 6 heteroatoms. The molecule has 1 aliphatic rings. The summed E-state index contributed by atoms with van der Waals surface area (Å²) in [6.45, 7) is 9.71. The maximum atomic E-state index is 6.60. The van der Waals surface area contributed by atoms with Crippen LogP contribution in [0.4, 0.5) is 0 Å². The van der Waals surface area contributed by atoms with Crippen molar-refractivity contribution in [1.29, 1.82) is 0 Å². The minimum Gasteiger partial charge on any atom is -0.497 e. The molecule has 2 aromatic heterocycles. The number of benzene rings is 1. The van der Waals surface area contributed by atoms with E-state index in [4.69, 9.17) is 31.2 Å². The van der Waals surface area contributed by atoms with Crippen molar-refractivity contribution in [2.45, 2.75) is 45.1 Å². The highest BCUT2D eigenvalue weighted by Crippen LogP contribution is 2.39. The molecule has 4 rings (SSSR count). The standard InChI is InChI=1S/C24H26ClN3O2/c1-5-8-16(9-6-2)30-24-19-10-7-11-21(19)26-23-22(15(3)27-28(23)24)18-13-12-17(29-4)14-20(18)25/h5-6,12-14,16H,1-2,7-11H2,3-4H3. The molecule has 2 heterocycles. The van der Waals surface area contributed by atoms with Gasteiger partial charge in [-0.05, 0) is 44.4 Å². The lowest BCUT2D eigenvalue weighted by Gasteiger charge is -2.19. The van der Waals surface area contributed by atoms with Crippen molar-refractivity contribution in [1.82, 2.24) is 14.6 Å². The molecule has 0 bridgehead atoms. The zero-order valence-electron chi connectivity index (χ0n) is 17.4. The lowest BCUT2D eigenvalue weighted by molar-refractivity contribution is 0.192. The highest BCUT2D eigenvalue weighted by Gasteiger charge is 2.27. The predicted molar refractivity (Wildman–Crippen MR) is 121 cm³/mol. The van der Waals surface area contributed by atoms with Crippen molar-refractivity contribution in [2.75, 3.05) is 7.11 Å². The highest BCUT2D eigenvalue weighted by molar-refractivity contribution is 6.33. The van der Waals surface area contributed by atoms with Gasteiger partial charge in [-0.25, -0.2) is 4.98 Å². The van der Waals surface area contributed by atoms with Crippen molar-refractivity contribution in [3.05, 3.63) is 65.5 Å². The summed E-state index contributed by atoms with van der Waals surface area (Å²) in [5.41, 5.74) is 5.66. The molecule has 0 fully saturated rings. The maximum Gasteiger partial charge on any atom is 0.221 e. The number of aromatic nitrogens is 3. The third kappa shape index (κ3) is 3.58. The maximum absolute atomic E-state index is 6.60. The number of nitrogens with zero attached hydrogens (tertiary/aromatic N) is 3. The summed E-state index contributed by atoms with van der Waals surface area (Å²) >= 11 is 6.60. The molecule has 3 aromatic rings. The average molecular weight is 424 g/mol. The summed E-state index contributed by atoms with van der Waals surface area (Å²) in [5, 5.41) is 5.42. The molecular weight excluding hydrogens is 398 g/mol. The molecule has 156 valence electrons. The average Bonchev–Trinajstić information content (AvgIpc) is 3.32. The number of ether oxygens (including phenoxy) is 2. The van der Waals surface area contributed by atoms with E-state index >= 15 is 0 Å². The van der Waals surface area contributed by atoms with Crippen LogP contribution in [0, 0.1) is 6.92 Å². The zero-order chi connectivity index (χ0) is 21.3. The van der Waals surface area contributed by atoms with Crippen LogP contribution in [0.1, 0.15) is 36.2 Å². The Kier molecular flexibility index (Phi) is 5.82. The monoisotopic (exact) mass is 423 g/mol. The van der Waals surface area contributed by atoms with Gasteiger partial charge < -0.3 is 9.47 Å². The van der Waals surface area contributed by atoms with Gasteiger partial charge in [0.1, 0.15) is 11.9 Å². The normalized spacial score (nSPS) is 12.9. The molecule has 1 aliphatic carbocycles. The van der Waals surface area contributed by atoms with Gasteiger partial charge >= 0.3 is 0 Å². The first-order chi connectivity index (χ1) is 14.6. The smallest absolute Gasteiger partial charge is 0.221 e. The van der Waals surface area contributed by atoms with Gasteiger partial charge in [0.05, 0.1) is 29.1 Å². The molecule has 5 nitrogen and oxygen atoms in total. The third-order valence-electron chi connectivity index (χ3n) is 5.50. The Hall–Kier alpha value is -2.79. The summed E-state index contributed by atoms with van der Waals surface area (Å²) in [6.07, 6.45) is 8.15. The first kappa shape index (κ1) is 20.5. The van der Waals surface area contributed by atoms with Gasteiger partial charge in [0.15, 0.2) is 5.65 Å². The van der Waals surface area contributed by atoms with Crippen LogP contribution in [0.25, 0.3) is 16.8 Å². The Labute approximate surface area is 182 Å². The van der Waals surface area contributed by atoms with Crippen molar-refractivity contribution < 1.29 is 9.47 Å². The van der Waals surface area contributed by atoms with Crippen LogP contribution in [0.2, 0.25) is 5.02 Å².